The lowest BCUT2D eigenvalue weighted by Crippen LogP contribution is -2.02. The number of nitrogens with two attached hydrogens (primary N) is 1. The molecule has 0 fully saturated rings. The van der Waals surface area contributed by atoms with Gasteiger partial charge in [0.05, 0.1) is 11.6 Å². The Morgan fingerprint density at radius 2 is 2.21 bits per heavy atom. The van der Waals surface area contributed by atoms with E-state index in [1.165, 1.54) is 6.33 Å². The summed E-state index contributed by atoms with van der Waals surface area (Å²) >= 11 is 3.44. The molecule has 3 aromatic rings. The van der Waals surface area contributed by atoms with Crippen LogP contribution in [0.15, 0.2) is 35.2 Å². The van der Waals surface area contributed by atoms with Crippen LogP contribution in [0.1, 0.15) is 5.56 Å². The second-order valence-electron chi connectivity index (χ2n) is 3.82. The maximum Gasteiger partial charge on any atom is 0.199 e. The fourth-order valence-corrected chi connectivity index (χ4v) is 2.37. The molecule has 92 valence electrons. The molecule has 7 heteroatoms. The van der Waals surface area contributed by atoms with Crippen LogP contribution in [0.5, 0.6) is 0 Å². The van der Waals surface area contributed by atoms with Gasteiger partial charge in [0.25, 0.3) is 0 Å². The summed E-state index contributed by atoms with van der Waals surface area (Å²) in [6, 6.07) is 9.22. The molecule has 0 saturated heterocycles. The summed E-state index contributed by atoms with van der Waals surface area (Å²) in [5.41, 5.74) is 8.31. The topological polar surface area (TPSA) is 92.9 Å². The van der Waals surface area contributed by atoms with E-state index >= 15 is 0 Å². The number of hydrogen-bond acceptors (Lipinski definition) is 5. The summed E-state index contributed by atoms with van der Waals surface area (Å²) in [5, 5.41) is 13.0. The molecule has 2 heterocycles. The number of halogens is 1. The van der Waals surface area contributed by atoms with E-state index in [-0.39, 0.29) is 5.82 Å². The highest BCUT2D eigenvalue weighted by Gasteiger charge is 2.14. The van der Waals surface area contributed by atoms with Crippen molar-refractivity contribution in [2.45, 2.75) is 0 Å². The smallest absolute Gasteiger partial charge is 0.199 e. The number of nitrogen functional groups attached to an aromatic ring is 1. The normalized spacial score (nSPS) is 10.5. The highest BCUT2D eigenvalue weighted by Crippen LogP contribution is 2.28. The number of nitrogens with zero attached hydrogens (tertiary/aromatic N) is 5. The molecule has 1 aromatic carbocycles. The minimum Gasteiger partial charge on any atom is -0.381 e. The Kier molecular flexibility index (Phi) is 2.65. The number of hydrogen-bond donors (Lipinski definition) is 1. The molecule has 3 rings (SSSR count). The van der Waals surface area contributed by atoms with Crippen LogP contribution in [0.4, 0.5) is 5.82 Å². The number of benzene rings is 1. The van der Waals surface area contributed by atoms with E-state index in [2.05, 4.69) is 37.1 Å². The van der Waals surface area contributed by atoms with Gasteiger partial charge in [-0.1, -0.05) is 12.1 Å². The lowest BCUT2D eigenvalue weighted by molar-refractivity contribution is 0.925. The van der Waals surface area contributed by atoms with E-state index < -0.39 is 0 Å². The molecule has 19 heavy (non-hydrogen) atoms. The molecule has 0 aliphatic carbocycles. The fourth-order valence-electron chi connectivity index (χ4n) is 1.80. The van der Waals surface area contributed by atoms with Crippen molar-refractivity contribution >= 4 is 27.4 Å². The third kappa shape index (κ3) is 1.82. The monoisotopic (exact) mass is 314 g/mol. The molecule has 0 radical (unpaired) electrons. The molecular weight excluding hydrogens is 308 g/mol. The van der Waals surface area contributed by atoms with Crippen molar-refractivity contribution in [2.75, 3.05) is 5.73 Å². The Labute approximate surface area is 116 Å². The minimum absolute atomic E-state index is 0.290. The van der Waals surface area contributed by atoms with Gasteiger partial charge in [-0.15, -0.1) is 0 Å². The van der Waals surface area contributed by atoms with E-state index in [0.717, 1.165) is 5.56 Å². The van der Waals surface area contributed by atoms with Gasteiger partial charge in [0.15, 0.2) is 11.5 Å². The van der Waals surface area contributed by atoms with Crippen LogP contribution in [-0.4, -0.2) is 19.6 Å². The van der Waals surface area contributed by atoms with Gasteiger partial charge in [-0.3, -0.25) is 0 Å². The van der Waals surface area contributed by atoms with Gasteiger partial charge in [-0.05, 0) is 28.1 Å². The number of nitriles is 1. The number of aromatic nitrogens is 4. The highest BCUT2D eigenvalue weighted by atomic mass is 79.9. The molecule has 0 aliphatic rings. The molecule has 0 atom stereocenters. The maximum absolute atomic E-state index is 8.94. The van der Waals surface area contributed by atoms with Crippen LogP contribution >= 0.6 is 15.9 Å². The molecule has 2 aromatic heterocycles. The van der Waals surface area contributed by atoms with E-state index in [4.69, 9.17) is 11.0 Å². The number of anilines is 1. The standard InChI is InChI=1S/C12H7BrN6/c13-10-9(8-3-1-2-7(4-8)5-14)18-11(15)12-16-6-17-19(10)12/h1-4,6H,(H2,15,18). The van der Waals surface area contributed by atoms with Crippen molar-refractivity contribution in [1.29, 1.82) is 5.26 Å². The molecule has 0 amide bonds. The second kappa shape index (κ2) is 4.33. The van der Waals surface area contributed by atoms with Gasteiger partial charge in [0, 0.05) is 5.56 Å². The first-order valence-corrected chi connectivity index (χ1v) is 6.15. The summed E-state index contributed by atoms with van der Waals surface area (Å²) in [6.45, 7) is 0. The van der Waals surface area contributed by atoms with Crippen LogP contribution in [0.25, 0.3) is 16.9 Å². The summed E-state index contributed by atoms with van der Waals surface area (Å²) in [7, 11) is 0. The molecule has 0 bridgehead atoms. The van der Waals surface area contributed by atoms with Crippen LogP contribution < -0.4 is 5.73 Å². The van der Waals surface area contributed by atoms with Crippen molar-refractivity contribution in [3.05, 3.63) is 40.8 Å². The van der Waals surface area contributed by atoms with Crippen LogP contribution in [0.3, 0.4) is 0 Å². The average molecular weight is 315 g/mol. The van der Waals surface area contributed by atoms with E-state index in [0.29, 0.717) is 21.5 Å². The first-order valence-electron chi connectivity index (χ1n) is 5.36. The van der Waals surface area contributed by atoms with Gasteiger partial charge in [-0.2, -0.15) is 10.4 Å². The van der Waals surface area contributed by atoms with E-state index in [1.54, 1.807) is 22.7 Å². The molecule has 6 nitrogen and oxygen atoms in total. The van der Waals surface area contributed by atoms with Gasteiger partial charge >= 0.3 is 0 Å². The van der Waals surface area contributed by atoms with Gasteiger partial charge < -0.3 is 5.73 Å². The van der Waals surface area contributed by atoms with Crippen molar-refractivity contribution in [2.24, 2.45) is 0 Å². The van der Waals surface area contributed by atoms with E-state index in [9.17, 15) is 0 Å². The Balaban J connectivity index is 2.30. The third-order valence-corrected chi connectivity index (χ3v) is 3.37. The minimum atomic E-state index is 0.290. The SMILES string of the molecule is N#Cc1cccc(-c2nc(N)c3ncnn3c2Br)c1. The van der Waals surface area contributed by atoms with E-state index in [1.807, 2.05) is 6.07 Å². The summed E-state index contributed by atoms with van der Waals surface area (Å²) in [5.74, 6) is 0.290. The zero-order valence-electron chi connectivity index (χ0n) is 9.58. The van der Waals surface area contributed by atoms with Gasteiger partial charge in [0.2, 0.25) is 0 Å². The average Bonchev–Trinajstić information content (AvgIpc) is 2.93. The predicted octanol–water partition coefficient (Wildman–Crippen LogP) is 2.01. The number of fused-ring (bicyclic) bond motifs is 1. The third-order valence-electron chi connectivity index (χ3n) is 2.66. The van der Waals surface area contributed by atoms with Crippen molar-refractivity contribution in [3.63, 3.8) is 0 Å². The summed E-state index contributed by atoms with van der Waals surface area (Å²) in [4.78, 5) is 8.35. The largest absolute Gasteiger partial charge is 0.381 e. The summed E-state index contributed by atoms with van der Waals surface area (Å²) in [6.07, 6.45) is 1.41. The van der Waals surface area contributed by atoms with Gasteiger partial charge in [-0.25, -0.2) is 14.5 Å². The van der Waals surface area contributed by atoms with Crippen LogP contribution in [-0.2, 0) is 0 Å². The molecule has 0 aliphatic heterocycles. The zero-order valence-corrected chi connectivity index (χ0v) is 11.2. The quantitative estimate of drug-likeness (QED) is 0.741. The Morgan fingerprint density at radius 1 is 1.37 bits per heavy atom. The van der Waals surface area contributed by atoms with Crippen LogP contribution in [0, 0.1) is 11.3 Å². The first kappa shape index (κ1) is 11.6. The lowest BCUT2D eigenvalue weighted by Gasteiger charge is -2.07. The van der Waals surface area contributed by atoms with Crippen molar-refractivity contribution in [1.82, 2.24) is 19.6 Å². The second-order valence-corrected chi connectivity index (χ2v) is 4.58. The molecule has 0 unspecified atom stereocenters. The molecule has 0 spiro atoms. The van der Waals surface area contributed by atoms with Gasteiger partial charge in [0.1, 0.15) is 16.6 Å². The molecule has 2 N–H and O–H groups in total. The summed E-state index contributed by atoms with van der Waals surface area (Å²) < 4.78 is 2.21. The van der Waals surface area contributed by atoms with Crippen molar-refractivity contribution in [3.8, 4) is 17.3 Å². The predicted molar refractivity (Wildman–Crippen MR) is 73.0 cm³/mol. The maximum atomic E-state index is 8.94. The zero-order chi connectivity index (χ0) is 13.4. The first-order chi connectivity index (χ1) is 9.20. The number of rotatable bonds is 1. The van der Waals surface area contributed by atoms with Crippen LogP contribution in [0.2, 0.25) is 0 Å². The molecular formula is C12H7BrN6. The fraction of sp³-hybridized carbons (Fsp3) is 0. The highest BCUT2D eigenvalue weighted by molar-refractivity contribution is 9.10. The van der Waals surface area contributed by atoms with Crippen molar-refractivity contribution < 1.29 is 0 Å². The Bertz CT molecular complexity index is 817. The Hall–Kier alpha value is -2.46. The lowest BCUT2D eigenvalue weighted by atomic mass is 10.1. The Morgan fingerprint density at radius 3 is 3.00 bits per heavy atom. The molecule has 0 saturated carbocycles.